The number of ether oxygens (including phenoxy) is 1. The number of hydrogen-bond donors (Lipinski definition) is 2. The predicted molar refractivity (Wildman–Crippen MR) is 151 cm³/mol. The average molecular weight is 566 g/mol. The molecule has 0 radical (unpaired) electrons. The Balaban J connectivity index is 1.60. The lowest BCUT2D eigenvalue weighted by Crippen LogP contribution is -2.41. The first-order valence-electron chi connectivity index (χ1n) is 12.9. The van der Waals surface area contributed by atoms with Gasteiger partial charge in [0.2, 0.25) is 5.91 Å². The molecular formula is C30H30F3N5O3. The van der Waals surface area contributed by atoms with Gasteiger partial charge in [-0.2, -0.15) is 18.3 Å². The molecule has 3 aromatic carbocycles. The summed E-state index contributed by atoms with van der Waals surface area (Å²) >= 11 is 0. The quantitative estimate of drug-likeness (QED) is 0.235. The highest BCUT2D eigenvalue weighted by molar-refractivity contribution is 5.99. The molecule has 0 bridgehead atoms. The van der Waals surface area contributed by atoms with Crippen molar-refractivity contribution in [2.75, 3.05) is 30.8 Å². The molecule has 1 heterocycles. The Morgan fingerprint density at radius 3 is 2.32 bits per heavy atom. The van der Waals surface area contributed by atoms with E-state index in [0.717, 1.165) is 17.7 Å². The molecule has 0 saturated carbocycles. The smallest absolute Gasteiger partial charge is 0.416 e. The van der Waals surface area contributed by atoms with Crippen LogP contribution in [0.3, 0.4) is 0 Å². The highest BCUT2D eigenvalue weighted by Crippen LogP contribution is 2.34. The van der Waals surface area contributed by atoms with Gasteiger partial charge in [-0.25, -0.2) is 9.48 Å². The molecule has 4 aromatic rings. The van der Waals surface area contributed by atoms with E-state index in [1.807, 2.05) is 56.3 Å². The number of amides is 3. The number of aryl methyl sites for hydroxylation is 1. The zero-order valence-corrected chi connectivity index (χ0v) is 22.8. The Kier molecular flexibility index (Phi) is 8.96. The molecule has 4 rings (SSSR count). The number of nitrogens with one attached hydrogen (secondary N) is 2. The number of anilines is 2. The molecular weight excluding hydrogens is 535 g/mol. The Labute approximate surface area is 235 Å². The highest BCUT2D eigenvalue weighted by Gasteiger charge is 2.31. The van der Waals surface area contributed by atoms with Crippen molar-refractivity contribution < 1.29 is 27.5 Å². The van der Waals surface area contributed by atoms with E-state index in [9.17, 15) is 22.8 Å². The van der Waals surface area contributed by atoms with Gasteiger partial charge in [0, 0.05) is 17.8 Å². The fourth-order valence-corrected chi connectivity index (χ4v) is 4.35. The number of carbonyl (C=O) groups excluding carboxylic acids is 2. The van der Waals surface area contributed by atoms with Crippen LogP contribution in [-0.4, -0.2) is 46.8 Å². The van der Waals surface area contributed by atoms with Gasteiger partial charge in [-0.05, 0) is 61.4 Å². The predicted octanol–water partition coefficient (Wildman–Crippen LogP) is 6.76. The lowest BCUT2D eigenvalue weighted by molar-refractivity contribution is -0.137. The number of nitrogens with zero attached hydrogens (tertiary/aromatic N) is 3. The molecule has 214 valence electrons. The lowest BCUT2D eigenvalue weighted by Gasteiger charge is -2.23. The Hall–Kier alpha value is -4.80. The maximum absolute atomic E-state index is 13.4. The van der Waals surface area contributed by atoms with E-state index in [-0.39, 0.29) is 18.8 Å². The molecule has 0 aliphatic heterocycles. The summed E-state index contributed by atoms with van der Waals surface area (Å²) in [7, 11) is 1.57. The number of urea groups is 1. The van der Waals surface area contributed by atoms with E-state index in [0.29, 0.717) is 34.9 Å². The minimum atomic E-state index is -4.55. The lowest BCUT2D eigenvalue weighted by atomic mass is 10.1. The van der Waals surface area contributed by atoms with Gasteiger partial charge in [-0.15, -0.1) is 0 Å². The number of hydrogen-bond acceptors (Lipinski definition) is 4. The number of benzene rings is 3. The molecule has 3 amide bonds. The summed E-state index contributed by atoms with van der Waals surface area (Å²) in [6, 6.07) is 20.3. The Bertz CT molecular complexity index is 1500. The number of aromatic nitrogens is 2. The monoisotopic (exact) mass is 565 g/mol. The van der Waals surface area contributed by atoms with Crippen LogP contribution in [0.2, 0.25) is 0 Å². The van der Waals surface area contributed by atoms with Crippen molar-refractivity contribution in [3.63, 3.8) is 0 Å². The van der Waals surface area contributed by atoms with Gasteiger partial charge in [0.15, 0.2) is 0 Å². The Morgan fingerprint density at radius 2 is 1.68 bits per heavy atom. The zero-order chi connectivity index (χ0) is 29.6. The first kappa shape index (κ1) is 29.2. The van der Waals surface area contributed by atoms with Crippen LogP contribution in [0.1, 0.15) is 24.6 Å². The standard InChI is InChI=1S/C30H30F3N5O3/c1-4-17-37(29(40)34-23-12-8-11-22(18-23)30(31,32)33)19-26(39)35-28-27(21-9-6-5-7-10-21)20(2)36-38(28)24-13-15-25(41-3)16-14-24/h5-16,18H,4,17,19H2,1-3H3,(H,34,40)(H,35,39). The maximum atomic E-state index is 13.4. The molecule has 0 saturated heterocycles. The third-order valence-corrected chi connectivity index (χ3v) is 6.25. The van der Waals surface area contributed by atoms with Crippen LogP contribution in [0.4, 0.5) is 29.5 Å². The molecule has 0 unspecified atom stereocenters. The average Bonchev–Trinajstić information content (AvgIpc) is 3.28. The molecule has 41 heavy (non-hydrogen) atoms. The van der Waals surface area contributed by atoms with E-state index >= 15 is 0 Å². The summed E-state index contributed by atoms with van der Waals surface area (Å²) in [5.41, 5.74) is 2.00. The van der Waals surface area contributed by atoms with Crippen molar-refractivity contribution in [1.29, 1.82) is 0 Å². The fraction of sp³-hybridized carbons (Fsp3) is 0.233. The molecule has 0 spiro atoms. The van der Waals surface area contributed by atoms with Crippen LogP contribution >= 0.6 is 0 Å². The number of halogens is 3. The fourth-order valence-electron chi connectivity index (χ4n) is 4.35. The van der Waals surface area contributed by atoms with Crippen LogP contribution in [0.25, 0.3) is 16.8 Å². The molecule has 0 atom stereocenters. The van der Waals surface area contributed by atoms with E-state index in [2.05, 4.69) is 15.7 Å². The summed E-state index contributed by atoms with van der Waals surface area (Å²) in [6.07, 6.45) is -4.02. The van der Waals surface area contributed by atoms with E-state index in [1.54, 1.807) is 23.9 Å². The van der Waals surface area contributed by atoms with Crippen LogP contribution < -0.4 is 15.4 Å². The van der Waals surface area contributed by atoms with E-state index < -0.39 is 23.7 Å². The minimum absolute atomic E-state index is 0.0223. The normalized spacial score (nSPS) is 11.2. The van der Waals surface area contributed by atoms with Crippen molar-refractivity contribution in [3.05, 3.63) is 90.1 Å². The van der Waals surface area contributed by atoms with E-state index in [1.165, 1.54) is 17.0 Å². The maximum Gasteiger partial charge on any atom is 0.416 e. The summed E-state index contributed by atoms with van der Waals surface area (Å²) in [6.45, 7) is 3.54. The zero-order valence-electron chi connectivity index (χ0n) is 22.8. The van der Waals surface area contributed by atoms with E-state index in [4.69, 9.17) is 4.74 Å². The van der Waals surface area contributed by atoms with Gasteiger partial charge in [0.25, 0.3) is 0 Å². The second kappa shape index (κ2) is 12.6. The van der Waals surface area contributed by atoms with Crippen LogP contribution in [0.5, 0.6) is 5.75 Å². The number of alkyl halides is 3. The second-order valence-corrected chi connectivity index (χ2v) is 9.26. The molecule has 0 aliphatic rings. The molecule has 8 nitrogen and oxygen atoms in total. The van der Waals surface area contributed by atoms with Crippen LogP contribution in [0, 0.1) is 6.92 Å². The van der Waals surface area contributed by atoms with Gasteiger partial charge in [-0.1, -0.05) is 43.3 Å². The second-order valence-electron chi connectivity index (χ2n) is 9.26. The van der Waals surface area contributed by atoms with Gasteiger partial charge in [0.1, 0.15) is 18.1 Å². The summed E-state index contributed by atoms with van der Waals surface area (Å²) in [4.78, 5) is 27.6. The molecule has 1 aromatic heterocycles. The Morgan fingerprint density at radius 1 is 0.976 bits per heavy atom. The number of rotatable bonds is 9. The first-order chi connectivity index (χ1) is 19.6. The summed E-state index contributed by atoms with van der Waals surface area (Å²) < 4.78 is 46.2. The van der Waals surface area contributed by atoms with Crippen molar-refractivity contribution >= 4 is 23.4 Å². The number of carbonyl (C=O) groups is 2. The van der Waals surface area contributed by atoms with Crippen molar-refractivity contribution in [3.8, 4) is 22.6 Å². The SMILES string of the molecule is CCCN(CC(=O)Nc1c(-c2ccccc2)c(C)nn1-c1ccc(OC)cc1)C(=O)Nc1cccc(C(F)(F)F)c1. The van der Waals surface area contributed by atoms with Crippen molar-refractivity contribution in [1.82, 2.24) is 14.7 Å². The van der Waals surface area contributed by atoms with Crippen LogP contribution in [0.15, 0.2) is 78.9 Å². The topological polar surface area (TPSA) is 88.5 Å². The van der Waals surface area contributed by atoms with Crippen molar-refractivity contribution in [2.45, 2.75) is 26.4 Å². The first-order valence-corrected chi connectivity index (χ1v) is 12.9. The summed E-state index contributed by atoms with van der Waals surface area (Å²) in [5.74, 6) is 0.580. The third-order valence-electron chi connectivity index (χ3n) is 6.25. The molecule has 2 N–H and O–H groups in total. The minimum Gasteiger partial charge on any atom is -0.497 e. The molecule has 11 heteroatoms. The summed E-state index contributed by atoms with van der Waals surface area (Å²) in [5, 5.41) is 10.1. The molecule has 0 fully saturated rings. The van der Waals surface area contributed by atoms with Crippen LogP contribution in [-0.2, 0) is 11.0 Å². The number of methoxy groups -OCH3 is 1. The van der Waals surface area contributed by atoms with Gasteiger partial charge < -0.3 is 20.3 Å². The van der Waals surface area contributed by atoms with Gasteiger partial charge in [-0.3, -0.25) is 4.79 Å². The highest BCUT2D eigenvalue weighted by atomic mass is 19.4. The van der Waals surface area contributed by atoms with Gasteiger partial charge >= 0.3 is 12.2 Å². The largest absolute Gasteiger partial charge is 0.497 e. The van der Waals surface area contributed by atoms with Gasteiger partial charge in [0.05, 0.1) is 24.1 Å². The molecule has 0 aliphatic carbocycles. The van der Waals surface area contributed by atoms with Crippen molar-refractivity contribution in [2.24, 2.45) is 0 Å². The third kappa shape index (κ3) is 7.05.